The molecule has 0 saturated carbocycles. The zero-order valence-electron chi connectivity index (χ0n) is 11.2. The Hall–Kier alpha value is -1.11. The van der Waals surface area contributed by atoms with E-state index in [1.807, 2.05) is 6.92 Å². The largest absolute Gasteiger partial charge is 0.511 e. The number of hydrogen-bond acceptors (Lipinski definition) is 6. The summed E-state index contributed by atoms with van der Waals surface area (Å²) in [5.41, 5.74) is -0.588. The van der Waals surface area contributed by atoms with Crippen LogP contribution in [0.3, 0.4) is 0 Å². The second-order valence-electron chi connectivity index (χ2n) is 4.72. The number of ether oxygens (including phenoxy) is 3. The molecular weight excluding hydrogens is 240 g/mol. The summed E-state index contributed by atoms with van der Waals surface area (Å²) in [6.07, 6.45) is 0.625. The summed E-state index contributed by atoms with van der Waals surface area (Å²) in [7, 11) is 0. The molecule has 6 nitrogen and oxygen atoms in total. The van der Waals surface area contributed by atoms with Gasteiger partial charge < -0.3 is 14.2 Å². The van der Waals surface area contributed by atoms with Gasteiger partial charge in [-0.15, -0.1) is 6.58 Å². The molecule has 0 spiro atoms. The van der Waals surface area contributed by atoms with Crippen molar-refractivity contribution in [3.8, 4) is 0 Å². The van der Waals surface area contributed by atoms with Gasteiger partial charge >= 0.3 is 6.16 Å². The maximum atomic E-state index is 11.6. The Morgan fingerprint density at radius 2 is 2.22 bits per heavy atom. The van der Waals surface area contributed by atoms with E-state index in [1.54, 1.807) is 19.9 Å². The highest BCUT2D eigenvalue weighted by atomic mass is 17.3. The average Bonchev–Trinajstić information content (AvgIpc) is 2.27. The third-order valence-electron chi connectivity index (χ3n) is 2.59. The van der Waals surface area contributed by atoms with Crippen LogP contribution in [0, 0.1) is 0 Å². The van der Waals surface area contributed by atoms with E-state index in [0.29, 0.717) is 6.42 Å². The first-order valence-corrected chi connectivity index (χ1v) is 5.82. The minimum absolute atomic E-state index is 0.266. The number of rotatable bonds is 6. The molecule has 0 aromatic heterocycles. The average molecular weight is 260 g/mol. The topological polar surface area (TPSA) is 63.2 Å². The second kappa shape index (κ2) is 5.69. The van der Waals surface area contributed by atoms with E-state index in [1.165, 1.54) is 6.92 Å². The summed E-state index contributed by atoms with van der Waals surface area (Å²) in [6.45, 7) is 10.8. The van der Waals surface area contributed by atoms with Crippen molar-refractivity contribution in [1.82, 2.24) is 0 Å². The van der Waals surface area contributed by atoms with Crippen molar-refractivity contribution in [2.75, 3.05) is 6.61 Å². The lowest BCUT2D eigenvalue weighted by atomic mass is 10.1. The molecule has 2 atom stereocenters. The van der Waals surface area contributed by atoms with Gasteiger partial charge in [0.2, 0.25) is 0 Å². The molecule has 1 aliphatic heterocycles. The molecule has 6 heteroatoms. The standard InChI is InChI=1S/C12H20O6/c1-6-8-14-9-12(5,18-17-9)16-10(13)15-11(3,4)7-2/h6,9H,1,7-8H2,2-5H3. The summed E-state index contributed by atoms with van der Waals surface area (Å²) in [4.78, 5) is 21.1. The predicted molar refractivity (Wildman–Crippen MR) is 62.4 cm³/mol. The molecule has 1 fully saturated rings. The van der Waals surface area contributed by atoms with Crippen molar-refractivity contribution >= 4 is 6.16 Å². The van der Waals surface area contributed by atoms with Gasteiger partial charge in [0.15, 0.2) is 0 Å². The Bertz CT molecular complexity index is 314. The van der Waals surface area contributed by atoms with Crippen molar-refractivity contribution in [3.63, 3.8) is 0 Å². The molecule has 0 bridgehead atoms. The Balaban J connectivity index is 2.46. The maximum Gasteiger partial charge on any atom is 0.511 e. The van der Waals surface area contributed by atoms with Crippen molar-refractivity contribution < 1.29 is 28.8 Å². The molecule has 0 aromatic rings. The van der Waals surface area contributed by atoms with Gasteiger partial charge in [-0.2, -0.15) is 9.78 Å². The van der Waals surface area contributed by atoms with Crippen LogP contribution in [0.4, 0.5) is 4.79 Å². The van der Waals surface area contributed by atoms with Crippen LogP contribution in [0.2, 0.25) is 0 Å². The molecule has 18 heavy (non-hydrogen) atoms. The van der Waals surface area contributed by atoms with Crippen LogP contribution < -0.4 is 0 Å². The normalized spacial score (nSPS) is 27.2. The quantitative estimate of drug-likeness (QED) is 0.415. The Morgan fingerprint density at radius 3 is 2.67 bits per heavy atom. The van der Waals surface area contributed by atoms with Gasteiger partial charge in [0.25, 0.3) is 12.1 Å². The van der Waals surface area contributed by atoms with Crippen LogP contribution in [-0.2, 0) is 24.0 Å². The molecule has 0 amide bonds. The zero-order chi connectivity index (χ0) is 13.8. The Kier molecular flexibility index (Phi) is 4.72. The summed E-state index contributed by atoms with van der Waals surface area (Å²) in [5.74, 6) is -1.29. The van der Waals surface area contributed by atoms with Crippen molar-refractivity contribution in [2.24, 2.45) is 0 Å². The fourth-order valence-corrected chi connectivity index (χ4v) is 1.11. The minimum atomic E-state index is -1.29. The molecule has 0 aliphatic carbocycles. The molecule has 0 radical (unpaired) electrons. The lowest BCUT2D eigenvalue weighted by molar-refractivity contribution is -0.601. The lowest BCUT2D eigenvalue weighted by Gasteiger charge is -2.41. The lowest BCUT2D eigenvalue weighted by Crippen LogP contribution is -2.58. The van der Waals surface area contributed by atoms with Crippen LogP contribution in [0.25, 0.3) is 0 Å². The summed E-state index contributed by atoms with van der Waals surface area (Å²) >= 11 is 0. The van der Waals surface area contributed by atoms with Gasteiger partial charge in [-0.3, -0.25) is 0 Å². The SMILES string of the molecule is C=CCOC1OOC1(C)OC(=O)OC(C)(C)CC. The number of carbonyl (C=O) groups is 1. The zero-order valence-corrected chi connectivity index (χ0v) is 11.2. The first kappa shape index (κ1) is 14.9. The third-order valence-corrected chi connectivity index (χ3v) is 2.59. The molecule has 1 saturated heterocycles. The second-order valence-corrected chi connectivity index (χ2v) is 4.72. The highest BCUT2D eigenvalue weighted by Gasteiger charge is 2.53. The van der Waals surface area contributed by atoms with Crippen LogP contribution >= 0.6 is 0 Å². The fourth-order valence-electron chi connectivity index (χ4n) is 1.11. The Morgan fingerprint density at radius 1 is 1.56 bits per heavy atom. The van der Waals surface area contributed by atoms with E-state index in [4.69, 9.17) is 24.0 Å². The van der Waals surface area contributed by atoms with Crippen molar-refractivity contribution in [1.29, 1.82) is 0 Å². The van der Waals surface area contributed by atoms with Crippen molar-refractivity contribution in [2.45, 2.75) is 51.8 Å². The van der Waals surface area contributed by atoms with Gasteiger partial charge in [0.05, 0.1) is 6.61 Å². The van der Waals surface area contributed by atoms with Gasteiger partial charge in [-0.25, -0.2) is 4.79 Å². The van der Waals surface area contributed by atoms with Gasteiger partial charge in [-0.1, -0.05) is 13.0 Å². The van der Waals surface area contributed by atoms with E-state index in [0.717, 1.165) is 0 Å². The fraction of sp³-hybridized carbons (Fsp3) is 0.750. The first-order chi connectivity index (χ1) is 8.33. The summed E-state index contributed by atoms with van der Waals surface area (Å²) in [6, 6.07) is 0. The van der Waals surface area contributed by atoms with Crippen molar-refractivity contribution in [3.05, 3.63) is 12.7 Å². The van der Waals surface area contributed by atoms with Gasteiger partial charge in [0, 0.05) is 6.92 Å². The van der Waals surface area contributed by atoms with Crippen LogP contribution in [-0.4, -0.2) is 30.4 Å². The van der Waals surface area contributed by atoms with Gasteiger partial charge in [-0.05, 0) is 20.3 Å². The van der Waals surface area contributed by atoms with E-state index in [-0.39, 0.29) is 6.61 Å². The van der Waals surface area contributed by atoms with Crippen LogP contribution in [0.1, 0.15) is 34.1 Å². The number of carbonyl (C=O) groups excluding carboxylic acids is 1. The van der Waals surface area contributed by atoms with Crippen LogP contribution in [0.5, 0.6) is 0 Å². The highest BCUT2D eigenvalue weighted by molar-refractivity contribution is 5.61. The van der Waals surface area contributed by atoms with Crippen LogP contribution in [0.15, 0.2) is 12.7 Å². The Labute approximate surface area is 107 Å². The monoisotopic (exact) mass is 260 g/mol. The summed E-state index contributed by atoms with van der Waals surface area (Å²) in [5, 5.41) is 0. The first-order valence-electron chi connectivity index (χ1n) is 5.82. The molecular formula is C12H20O6. The molecule has 1 rings (SSSR count). The summed E-state index contributed by atoms with van der Waals surface area (Å²) < 4.78 is 15.4. The smallest absolute Gasteiger partial charge is 0.428 e. The third kappa shape index (κ3) is 3.69. The molecule has 2 unspecified atom stereocenters. The van der Waals surface area contributed by atoms with E-state index in [2.05, 4.69) is 6.58 Å². The van der Waals surface area contributed by atoms with E-state index >= 15 is 0 Å². The number of hydrogen-bond donors (Lipinski definition) is 0. The molecule has 0 aromatic carbocycles. The molecule has 1 heterocycles. The minimum Gasteiger partial charge on any atom is -0.428 e. The highest BCUT2D eigenvalue weighted by Crippen LogP contribution is 2.33. The van der Waals surface area contributed by atoms with E-state index < -0.39 is 23.8 Å². The molecule has 0 N–H and O–H groups in total. The van der Waals surface area contributed by atoms with Gasteiger partial charge in [0.1, 0.15) is 5.60 Å². The molecule has 104 valence electrons. The maximum absolute atomic E-state index is 11.6. The molecule has 1 aliphatic rings. The predicted octanol–water partition coefficient (Wildman–Crippen LogP) is 2.53. The van der Waals surface area contributed by atoms with E-state index in [9.17, 15) is 4.79 Å².